The van der Waals surface area contributed by atoms with Gasteiger partial charge in [0.05, 0.1) is 11.8 Å². The number of carbonyl (C=O) groups excluding carboxylic acids is 1. The van der Waals surface area contributed by atoms with Crippen molar-refractivity contribution in [3.63, 3.8) is 0 Å². The van der Waals surface area contributed by atoms with E-state index in [0.29, 0.717) is 28.3 Å². The third kappa shape index (κ3) is 4.06. The van der Waals surface area contributed by atoms with Crippen molar-refractivity contribution in [3.8, 4) is 21.9 Å². The summed E-state index contributed by atoms with van der Waals surface area (Å²) in [6.45, 7) is 0.431. The largest absolute Gasteiger partial charge is 0.454 e. The van der Waals surface area contributed by atoms with Crippen molar-refractivity contribution in [1.82, 2.24) is 14.9 Å². The maximum Gasteiger partial charge on any atom is 0.271 e. The van der Waals surface area contributed by atoms with E-state index in [9.17, 15) is 9.59 Å². The van der Waals surface area contributed by atoms with Gasteiger partial charge in [-0.15, -0.1) is 11.3 Å². The number of nitrogens with one attached hydrogen (secondary N) is 1. The molecule has 0 spiro atoms. The molecule has 0 atom stereocenters. The summed E-state index contributed by atoms with van der Waals surface area (Å²) in [6, 6.07) is 15.3. The quantitative estimate of drug-likeness (QED) is 0.451. The smallest absolute Gasteiger partial charge is 0.271 e. The Morgan fingerprint density at radius 2 is 1.94 bits per heavy atom. The van der Waals surface area contributed by atoms with Gasteiger partial charge in [0.1, 0.15) is 11.2 Å². The van der Waals surface area contributed by atoms with E-state index in [1.54, 1.807) is 0 Å². The molecule has 7 nitrogen and oxygen atoms in total. The number of amides is 1. The first-order valence-corrected chi connectivity index (χ1v) is 11.1. The van der Waals surface area contributed by atoms with Gasteiger partial charge in [0.2, 0.25) is 12.7 Å². The molecule has 1 aliphatic heterocycles. The third-order valence-corrected chi connectivity index (χ3v) is 6.56. The van der Waals surface area contributed by atoms with Crippen LogP contribution in [0.3, 0.4) is 0 Å². The Bertz CT molecular complexity index is 1350. The second-order valence-electron chi connectivity index (χ2n) is 6.97. The SMILES string of the molecule is O=C(Cn1cnc2cc(-c3ccc(Br)cc3)sc2c1=O)NCc1ccc2c(c1)OCO2. The van der Waals surface area contributed by atoms with Crippen LogP contribution in [-0.2, 0) is 17.9 Å². The van der Waals surface area contributed by atoms with Crippen molar-refractivity contribution in [2.45, 2.75) is 13.1 Å². The normalized spacial score (nSPS) is 12.3. The van der Waals surface area contributed by atoms with Crippen LogP contribution in [-0.4, -0.2) is 22.3 Å². The van der Waals surface area contributed by atoms with Crippen LogP contribution in [0.5, 0.6) is 11.5 Å². The number of fused-ring (bicyclic) bond motifs is 2. The fourth-order valence-corrected chi connectivity index (χ4v) is 4.61. The van der Waals surface area contributed by atoms with Crippen molar-refractivity contribution < 1.29 is 14.3 Å². The second-order valence-corrected chi connectivity index (χ2v) is 8.94. The first-order valence-electron chi connectivity index (χ1n) is 9.47. The Morgan fingerprint density at radius 3 is 2.77 bits per heavy atom. The molecule has 3 heterocycles. The van der Waals surface area contributed by atoms with E-state index < -0.39 is 0 Å². The minimum Gasteiger partial charge on any atom is -0.454 e. The summed E-state index contributed by atoms with van der Waals surface area (Å²) in [4.78, 5) is 30.6. The summed E-state index contributed by atoms with van der Waals surface area (Å²) in [6.07, 6.45) is 1.42. The minimum absolute atomic E-state index is 0.0994. The molecule has 4 aromatic rings. The molecule has 0 radical (unpaired) electrons. The highest BCUT2D eigenvalue weighted by molar-refractivity contribution is 9.10. The van der Waals surface area contributed by atoms with Gasteiger partial charge >= 0.3 is 0 Å². The van der Waals surface area contributed by atoms with E-state index in [0.717, 1.165) is 20.5 Å². The Hall–Kier alpha value is -3.17. The second kappa shape index (κ2) is 8.16. The van der Waals surface area contributed by atoms with E-state index in [1.807, 2.05) is 48.5 Å². The zero-order chi connectivity index (χ0) is 21.4. The van der Waals surface area contributed by atoms with Crippen molar-refractivity contribution in [2.24, 2.45) is 0 Å². The highest BCUT2D eigenvalue weighted by Crippen LogP contribution is 2.33. The van der Waals surface area contributed by atoms with Crippen molar-refractivity contribution in [2.75, 3.05) is 6.79 Å². The highest BCUT2D eigenvalue weighted by Gasteiger charge is 2.15. The average Bonchev–Trinajstić information content (AvgIpc) is 3.42. The van der Waals surface area contributed by atoms with E-state index in [4.69, 9.17) is 9.47 Å². The molecular weight excluding hydrogens is 482 g/mol. The topological polar surface area (TPSA) is 82.5 Å². The molecule has 1 aliphatic rings. The molecule has 156 valence electrons. The number of nitrogens with zero attached hydrogens (tertiary/aromatic N) is 2. The standard InChI is InChI=1S/C22H16BrN3O4S/c23-15-4-2-14(3-5-15)19-8-16-21(31-19)22(28)26(11-25-16)10-20(27)24-9-13-1-6-17-18(7-13)30-12-29-17/h1-8,11H,9-10,12H2,(H,24,27). The molecule has 1 amide bonds. The maximum absolute atomic E-state index is 12.9. The molecule has 0 bridgehead atoms. The summed E-state index contributed by atoms with van der Waals surface area (Å²) in [5, 5.41) is 2.83. The number of thiophene rings is 1. The lowest BCUT2D eigenvalue weighted by Crippen LogP contribution is -2.31. The average molecular weight is 498 g/mol. The predicted octanol–water partition coefficient (Wildman–Crippen LogP) is 3.93. The lowest BCUT2D eigenvalue weighted by atomic mass is 10.2. The first kappa shape index (κ1) is 19.8. The van der Waals surface area contributed by atoms with Gasteiger partial charge in [-0.2, -0.15) is 0 Å². The molecule has 31 heavy (non-hydrogen) atoms. The lowest BCUT2D eigenvalue weighted by molar-refractivity contribution is -0.121. The Morgan fingerprint density at radius 1 is 1.13 bits per heavy atom. The van der Waals surface area contributed by atoms with Crippen LogP contribution in [0.15, 0.2) is 64.1 Å². The summed E-state index contributed by atoms with van der Waals surface area (Å²) in [7, 11) is 0. The molecule has 2 aromatic heterocycles. The van der Waals surface area contributed by atoms with Crippen molar-refractivity contribution >= 4 is 43.4 Å². The van der Waals surface area contributed by atoms with Crippen LogP contribution >= 0.6 is 27.3 Å². The summed E-state index contributed by atoms with van der Waals surface area (Å²) >= 11 is 4.80. The third-order valence-electron chi connectivity index (χ3n) is 4.87. The molecule has 0 aliphatic carbocycles. The van der Waals surface area contributed by atoms with Crippen LogP contribution in [0, 0.1) is 0 Å². The molecule has 2 aromatic carbocycles. The van der Waals surface area contributed by atoms with Gasteiger partial charge < -0.3 is 14.8 Å². The monoisotopic (exact) mass is 497 g/mol. The van der Waals surface area contributed by atoms with E-state index >= 15 is 0 Å². The number of aromatic nitrogens is 2. The Labute approximate surface area is 189 Å². The molecule has 0 fully saturated rings. The fraction of sp³-hybridized carbons (Fsp3) is 0.136. The highest BCUT2D eigenvalue weighted by atomic mass is 79.9. The van der Waals surface area contributed by atoms with Crippen LogP contribution in [0.25, 0.3) is 20.7 Å². The van der Waals surface area contributed by atoms with Crippen LogP contribution in [0.1, 0.15) is 5.56 Å². The maximum atomic E-state index is 12.9. The van der Waals surface area contributed by atoms with Crippen molar-refractivity contribution in [1.29, 1.82) is 0 Å². The number of ether oxygens (including phenoxy) is 2. The van der Waals surface area contributed by atoms with Gasteiger partial charge in [0, 0.05) is 15.9 Å². The number of hydrogen-bond donors (Lipinski definition) is 1. The zero-order valence-corrected chi connectivity index (χ0v) is 18.5. The minimum atomic E-state index is -0.273. The van der Waals surface area contributed by atoms with Crippen LogP contribution in [0.2, 0.25) is 0 Å². The molecule has 1 N–H and O–H groups in total. The van der Waals surface area contributed by atoms with Crippen LogP contribution < -0.4 is 20.3 Å². The number of halogens is 1. The number of benzene rings is 2. The predicted molar refractivity (Wildman–Crippen MR) is 121 cm³/mol. The molecule has 0 saturated heterocycles. The van der Waals surface area contributed by atoms with Gasteiger partial charge in [-0.3, -0.25) is 14.2 Å². The molecule has 0 unspecified atom stereocenters. The number of carbonyl (C=O) groups is 1. The number of rotatable bonds is 5. The lowest BCUT2D eigenvalue weighted by Gasteiger charge is -2.08. The van der Waals surface area contributed by atoms with Gasteiger partial charge in [0.25, 0.3) is 5.56 Å². The summed E-state index contributed by atoms with van der Waals surface area (Å²) in [5.74, 6) is 1.09. The molecule has 5 rings (SSSR count). The molecular formula is C22H16BrN3O4S. The number of hydrogen-bond acceptors (Lipinski definition) is 6. The van der Waals surface area contributed by atoms with Gasteiger partial charge in [-0.25, -0.2) is 4.98 Å². The Balaban J connectivity index is 1.30. The van der Waals surface area contributed by atoms with Gasteiger partial charge in [0.15, 0.2) is 11.5 Å². The molecule has 9 heteroatoms. The van der Waals surface area contributed by atoms with Gasteiger partial charge in [-0.05, 0) is 41.5 Å². The van der Waals surface area contributed by atoms with E-state index in [2.05, 4.69) is 26.2 Å². The van der Waals surface area contributed by atoms with Gasteiger partial charge in [-0.1, -0.05) is 34.1 Å². The zero-order valence-electron chi connectivity index (χ0n) is 16.1. The molecule has 0 saturated carbocycles. The fourth-order valence-electron chi connectivity index (χ4n) is 3.28. The van der Waals surface area contributed by atoms with Crippen LogP contribution in [0.4, 0.5) is 0 Å². The van der Waals surface area contributed by atoms with Crippen molar-refractivity contribution in [3.05, 3.63) is 75.2 Å². The first-order chi connectivity index (χ1) is 15.1. The summed E-state index contributed by atoms with van der Waals surface area (Å²) < 4.78 is 13.5. The Kier molecular flexibility index (Phi) is 5.21. The van der Waals surface area contributed by atoms with E-state index in [1.165, 1.54) is 22.2 Å². The summed E-state index contributed by atoms with van der Waals surface area (Å²) in [5.41, 5.74) is 2.30. The van der Waals surface area contributed by atoms with E-state index in [-0.39, 0.29) is 24.8 Å².